The van der Waals surface area contributed by atoms with Crippen molar-refractivity contribution in [3.05, 3.63) is 101 Å². The first kappa shape index (κ1) is 12.9. The van der Waals surface area contributed by atoms with E-state index in [2.05, 4.69) is 72.8 Å². The maximum Gasteiger partial charge on any atom is 0.0351 e. The predicted octanol–water partition coefficient (Wildman–Crippen LogP) is 4.93. The first-order valence-corrected chi connectivity index (χ1v) is 7.54. The Labute approximate surface area is 130 Å². The molecule has 106 valence electrons. The van der Waals surface area contributed by atoms with Crippen molar-refractivity contribution in [2.75, 3.05) is 5.73 Å². The van der Waals surface area contributed by atoms with E-state index in [0.717, 1.165) is 5.69 Å². The van der Waals surface area contributed by atoms with Crippen LogP contribution in [0.2, 0.25) is 0 Å². The summed E-state index contributed by atoms with van der Waals surface area (Å²) >= 11 is 0. The van der Waals surface area contributed by atoms with Crippen LogP contribution in [-0.2, 0) is 0 Å². The van der Waals surface area contributed by atoms with Crippen LogP contribution in [0.15, 0.2) is 72.8 Å². The van der Waals surface area contributed by atoms with Crippen LogP contribution in [0.25, 0.3) is 12.2 Å². The highest BCUT2D eigenvalue weighted by Gasteiger charge is 2.22. The third kappa shape index (κ3) is 2.11. The molecule has 1 heteroatoms. The van der Waals surface area contributed by atoms with Gasteiger partial charge in [-0.3, -0.25) is 0 Å². The second kappa shape index (κ2) is 5.19. The molecular weight excluding hydrogens is 266 g/mol. The average molecular weight is 283 g/mol. The molecule has 3 aromatic carbocycles. The highest BCUT2D eigenvalue weighted by molar-refractivity contribution is 5.77. The van der Waals surface area contributed by atoms with Gasteiger partial charge in [-0.2, -0.15) is 0 Å². The van der Waals surface area contributed by atoms with Crippen molar-refractivity contribution < 1.29 is 0 Å². The molecule has 3 aromatic rings. The molecule has 22 heavy (non-hydrogen) atoms. The van der Waals surface area contributed by atoms with Gasteiger partial charge in [0.2, 0.25) is 0 Å². The quantitative estimate of drug-likeness (QED) is 0.492. The molecule has 0 aliphatic heterocycles. The molecule has 0 radical (unpaired) electrons. The fourth-order valence-corrected chi connectivity index (χ4v) is 3.25. The van der Waals surface area contributed by atoms with E-state index in [9.17, 15) is 0 Å². The number of nitrogen functional groups attached to an aromatic ring is 1. The second-order valence-corrected chi connectivity index (χ2v) is 5.69. The molecule has 0 bridgehead atoms. The number of hydrogen-bond donors (Lipinski definition) is 1. The van der Waals surface area contributed by atoms with E-state index in [1.807, 2.05) is 12.1 Å². The Balaban J connectivity index is 1.99. The van der Waals surface area contributed by atoms with Gasteiger partial charge in [-0.1, -0.05) is 72.8 Å². The third-order valence-electron chi connectivity index (χ3n) is 4.33. The van der Waals surface area contributed by atoms with Gasteiger partial charge in [-0.05, 0) is 39.9 Å². The molecule has 0 aromatic heterocycles. The molecule has 0 spiro atoms. The summed E-state index contributed by atoms with van der Waals surface area (Å²) in [5.41, 5.74) is 13.2. The van der Waals surface area contributed by atoms with Crippen LogP contribution in [0.4, 0.5) is 5.69 Å². The van der Waals surface area contributed by atoms with Crippen LogP contribution in [0, 0.1) is 0 Å². The van der Waals surface area contributed by atoms with E-state index < -0.39 is 0 Å². The number of fused-ring (bicyclic) bond motifs is 2. The maximum absolute atomic E-state index is 5.86. The molecule has 1 nitrogen and oxygen atoms in total. The van der Waals surface area contributed by atoms with Crippen molar-refractivity contribution in [3.63, 3.8) is 0 Å². The zero-order chi connectivity index (χ0) is 14.9. The molecule has 0 amide bonds. The summed E-state index contributed by atoms with van der Waals surface area (Å²) in [4.78, 5) is 0. The largest absolute Gasteiger partial charge is 0.399 e. The highest BCUT2D eigenvalue weighted by Crippen LogP contribution is 2.39. The monoisotopic (exact) mass is 283 g/mol. The Kier molecular flexibility index (Phi) is 3.05. The maximum atomic E-state index is 5.86. The lowest BCUT2D eigenvalue weighted by atomic mass is 9.82. The van der Waals surface area contributed by atoms with Gasteiger partial charge in [0.05, 0.1) is 0 Å². The van der Waals surface area contributed by atoms with Gasteiger partial charge in [-0.15, -0.1) is 0 Å². The number of nitrogens with two attached hydrogens (primary N) is 1. The van der Waals surface area contributed by atoms with Gasteiger partial charge < -0.3 is 5.73 Å². The first-order chi connectivity index (χ1) is 10.8. The Bertz CT molecular complexity index is 794. The fourth-order valence-electron chi connectivity index (χ4n) is 3.25. The topological polar surface area (TPSA) is 26.0 Å². The molecule has 0 unspecified atom stereocenters. The normalized spacial score (nSPS) is 13.3. The first-order valence-electron chi connectivity index (χ1n) is 7.54. The molecule has 0 saturated carbocycles. The standard InChI is InChI=1S/C21H17N/c22-18-13-11-17(12-14-18)21-19-7-3-1-5-15(19)9-10-16-6-2-4-8-20(16)21/h1-14,21H,22H2. The zero-order valence-electron chi connectivity index (χ0n) is 12.2. The molecule has 0 saturated heterocycles. The van der Waals surface area contributed by atoms with Crippen molar-refractivity contribution >= 4 is 17.8 Å². The molecular formula is C21H17N. The summed E-state index contributed by atoms with van der Waals surface area (Å²) in [6.07, 6.45) is 4.43. The van der Waals surface area contributed by atoms with E-state index in [1.165, 1.54) is 27.8 Å². The molecule has 4 rings (SSSR count). The SMILES string of the molecule is Nc1ccc(C2c3ccccc3C=Cc3ccccc32)cc1. The van der Waals surface area contributed by atoms with Crippen LogP contribution >= 0.6 is 0 Å². The van der Waals surface area contributed by atoms with Gasteiger partial charge in [0, 0.05) is 11.6 Å². The smallest absolute Gasteiger partial charge is 0.0351 e. The van der Waals surface area contributed by atoms with Gasteiger partial charge in [0.15, 0.2) is 0 Å². The van der Waals surface area contributed by atoms with E-state index in [4.69, 9.17) is 5.73 Å². The Morgan fingerprint density at radius 2 is 1.09 bits per heavy atom. The minimum absolute atomic E-state index is 0.239. The lowest BCUT2D eigenvalue weighted by Gasteiger charge is -2.21. The minimum atomic E-state index is 0.239. The second-order valence-electron chi connectivity index (χ2n) is 5.69. The molecule has 1 aliphatic rings. The minimum Gasteiger partial charge on any atom is -0.399 e. The number of hydrogen-bond acceptors (Lipinski definition) is 1. The Morgan fingerprint density at radius 1 is 0.591 bits per heavy atom. The Morgan fingerprint density at radius 3 is 1.64 bits per heavy atom. The van der Waals surface area contributed by atoms with Crippen molar-refractivity contribution in [1.29, 1.82) is 0 Å². The summed E-state index contributed by atoms with van der Waals surface area (Å²) in [5, 5.41) is 0. The fraction of sp³-hybridized carbons (Fsp3) is 0.0476. The van der Waals surface area contributed by atoms with Crippen molar-refractivity contribution in [1.82, 2.24) is 0 Å². The summed E-state index contributed by atoms with van der Waals surface area (Å²) in [5.74, 6) is 0.239. The summed E-state index contributed by atoms with van der Waals surface area (Å²) in [7, 11) is 0. The summed E-state index contributed by atoms with van der Waals surface area (Å²) in [6, 6.07) is 25.5. The molecule has 0 atom stereocenters. The Hall–Kier alpha value is -2.80. The predicted molar refractivity (Wildman–Crippen MR) is 93.6 cm³/mol. The van der Waals surface area contributed by atoms with E-state index in [0.29, 0.717) is 0 Å². The summed E-state index contributed by atoms with van der Waals surface area (Å²) < 4.78 is 0. The molecule has 2 N–H and O–H groups in total. The van der Waals surface area contributed by atoms with Crippen LogP contribution < -0.4 is 5.73 Å². The third-order valence-corrected chi connectivity index (χ3v) is 4.33. The van der Waals surface area contributed by atoms with Crippen molar-refractivity contribution in [2.24, 2.45) is 0 Å². The van der Waals surface area contributed by atoms with E-state index >= 15 is 0 Å². The van der Waals surface area contributed by atoms with Crippen molar-refractivity contribution in [3.8, 4) is 0 Å². The molecule has 0 fully saturated rings. The lowest BCUT2D eigenvalue weighted by Crippen LogP contribution is -2.05. The van der Waals surface area contributed by atoms with Crippen molar-refractivity contribution in [2.45, 2.75) is 5.92 Å². The van der Waals surface area contributed by atoms with Crippen LogP contribution in [0.5, 0.6) is 0 Å². The number of anilines is 1. The van der Waals surface area contributed by atoms with Crippen LogP contribution in [0.3, 0.4) is 0 Å². The molecule has 0 heterocycles. The van der Waals surface area contributed by atoms with E-state index in [1.54, 1.807) is 0 Å². The molecule has 1 aliphatic carbocycles. The van der Waals surface area contributed by atoms with Gasteiger partial charge in [0.1, 0.15) is 0 Å². The number of rotatable bonds is 1. The van der Waals surface area contributed by atoms with Crippen LogP contribution in [0.1, 0.15) is 33.7 Å². The van der Waals surface area contributed by atoms with Gasteiger partial charge in [-0.25, -0.2) is 0 Å². The van der Waals surface area contributed by atoms with Gasteiger partial charge >= 0.3 is 0 Å². The average Bonchev–Trinajstić information content (AvgIpc) is 2.73. The lowest BCUT2D eigenvalue weighted by molar-refractivity contribution is 0.974. The van der Waals surface area contributed by atoms with Crippen LogP contribution in [-0.4, -0.2) is 0 Å². The summed E-state index contributed by atoms with van der Waals surface area (Å²) in [6.45, 7) is 0. The highest BCUT2D eigenvalue weighted by atomic mass is 14.5. The zero-order valence-corrected chi connectivity index (χ0v) is 12.2. The van der Waals surface area contributed by atoms with E-state index in [-0.39, 0.29) is 5.92 Å². The van der Waals surface area contributed by atoms with Gasteiger partial charge in [0.25, 0.3) is 0 Å². The number of benzene rings is 3.